The summed E-state index contributed by atoms with van der Waals surface area (Å²) >= 11 is 0. The first kappa shape index (κ1) is 76.5. The Hall–Kier alpha value is -8.11. The van der Waals surface area contributed by atoms with Crippen molar-refractivity contribution in [2.75, 3.05) is 52.4 Å². The summed E-state index contributed by atoms with van der Waals surface area (Å²) in [5, 5.41) is 50.7. The van der Waals surface area contributed by atoms with Crippen molar-refractivity contribution in [2.45, 2.75) is 244 Å². The van der Waals surface area contributed by atoms with Gasteiger partial charge in [-0.05, 0) is 253 Å². The van der Waals surface area contributed by atoms with Crippen LogP contribution >= 0.6 is 0 Å². The number of halogens is 3. The minimum absolute atomic E-state index is 0.370. The fourth-order valence-electron chi connectivity index (χ4n) is 21.9. The van der Waals surface area contributed by atoms with Crippen molar-refractivity contribution in [1.29, 1.82) is 0 Å². The van der Waals surface area contributed by atoms with Crippen molar-refractivity contribution in [2.24, 2.45) is 5.92 Å². The molecule has 4 aromatic carbocycles. The molecule has 0 spiro atoms. The normalized spacial score (nSPS) is 22.5. The minimum Gasteiger partial charge on any atom is -0.388 e. The van der Waals surface area contributed by atoms with Crippen molar-refractivity contribution >= 4 is 43.6 Å². The summed E-state index contributed by atoms with van der Waals surface area (Å²) < 4.78 is 49.5. The molecule has 1 saturated carbocycles. The highest BCUT2D eigenvalue weighted by Crippen LogP contribution is 2.50. The van der Waals surface area contributed by atoms with Gasteiger partial charge in [0, 0.05) is 155 Å². The Labute approximate surface area is 657 Å². The maximum Gasteiger partial charge on any atom is 0.231 e. The molecule has 4 N–H and O–H groups in total. The van der Waals surface area contributed by atoms with Gasteiger partial charge in [0.05, 0.1) is 55.4 Å². The molecule has 0 radical (unpaired) electrons. The molecule has 15 heterocycles. The van der Waals surface area contributed by atoms with Crippen LogP contribution in [0.3, 0.4) is 0 Å². The molecule has 9 aliphatic rings. The molecule has 11 aromatic rings. The highest BCUT2D eigenvalue weighted by molar-refractivity contribution is 5.91. The predicted molar refractivity (Wildman–Crippen MR) is 437 cm³/mol. The first-order valence-electron chi connectivity index (χ1n) is 41.8. The Morgan fingerprint density at radius 1 is 0.366 bits per heavy atom. The van der Waals surface area contributed by atoms with Crippen LogP contribution < -0.4 is 0 Å². The van der Waals surface area contributed by atoms with E-state index >= 15 is 0 Å². The molecule has 20 rings (SSSR count). The molecule has 112 heavy (non-hydrogen) atoms. The molecule has 8 unspecified atom stereocenters. The van der Waals surface area contributed by atoms with Crippen molar-refractivity contribution < 1.29 is 33.6 Å². The first-order valence-corrected chi connectivity index (χ1v) is 41.8. The summed E-state index contributed by atoms with van der Waals surface area (Å²) in [4.78, 5) is 25.6. The predicted octanol–water partition coefficient (Wildman–Crippen LogP) is 16.9. The second kappa shape index (κ2) is 30.3. The molecule has 19 heteroatoms. The molecule has 8 aliphatic heterocycles. The number of nitrogens with zero attached hydrogens (tertiary/aromatic N) is 12. The van der Waals surface area contributed by atoms with Gasteiger partial charge in [0.25, 0.3) is 0 Å². The van der Waals surface area contributed by atoms with Crippen LogP contribution in [0.15, 0.2) is 116 Å². The van der Waals surface area contributed by atoms with Gasteiger partial charge in [0.1, 0.15) is 16.8 Å². The molecule has 1 aliphatic carbocycles. The number of fused-ring (bicyclic) bond motifs is 20. The topological polar surface area (TPSA) is 165 Å². The molecule has 0 amide bonds. The Kier molecular flexibility index (Phi) is 20.7. The van der Waals surface area contributed by atoms with E-state index in [4.69, 9.17) is 0 Å². The monoisotopic (exact) mass is 1520 g/mol. The maximum absolute atomic E-state index is 13.7. The van der Waals surface area contributed by atoms with Crippen LogP contribution in [0.2, 0.25) is 0 Å². The number of rotatable bonds is 12. The molecule has 7 aromatic heterocycles. The lowest BCUT2D eigenvalue weighted by atomic mass is 9.77. The van der Waals surface area contributed by atoms with Crippen LogP contribution in [0.4, 0.5) is 13.2 Å². The number of hydrogen-bond donors (Lipinski definition) is 4. The van der Waals surface area contributed by atoms with E-state index in [9.17, 15) is 33.6 Å². The first-order chi connectivity index (χ1) is 53.8. The average molecular weight is 1520 g/mol. The van der Waals surface area contributed by atoms with Crippen LogP contribution in [-0.2, 0) is 68.7 Å². The van der Waals surface area contributed by atoms with E-state index in [0.717, 1.165) is 63.6 Å². The fourth-order valence-corrected chi connectivity index (χ4v) is 21.9. The average Bonchev–Trinajstić information content (AvgIpc) is 1.59. The van der Waals surface area contributed by atoms with Gasteiger partial charge in [-0.15, -0.1) is 0 Å². The number of aromatic nitrogens is 8. The molecule has 4 saturated heterocycles. The van der Waals surface area contributed by atoms with E-state index in [1.54, 1.807) is 38.5 Å². The van der Waals surface area contributed by atoms with Crippen LogP contribution in [0.25, 0.3) is 43.6 Å². The highest BCUT2D eigenvalue weighted by Gasteiger charge is 2.43. The molecular formula is C93H113F3N12O4. The minimum atomic E-state index is -1.24. The van der Waals surface area contributed by atoms with Gasteiger partial charge >= 0.3 is 0 Å². The molecule has 0 bridgehead atoms. The van der Waals surface area contributed by atoms with Crippen molar-refractivity contribution in [3.8, 4) is 0 Å². The Morgan fingerprint density at radius 2 is 0.795 bits per heavy atom. The zero-order valence-electron chi connectivity index (χ0n) is 67.2. The van der Waals surface area contributed by atoms with Crippen LogP contribution in [0.1, 0.15) is 225 Å². The second-order valence-corrected chi connectivity index (χ2v) is 35.6. The maximum atomic E-state index is 13.7. The lowest BCUT2D eigenvalue weighted by Crippen LogP contribution is -2.41. The van der Waals surface area contributed by atoms with Crippen molar-refractivity contribution in [1.82, 2.24) is 57.8 Å². The van der Waals surface area contributed by atoms with E-state index in [1.807, 2.05) is 0 Å². The summed E-state index contributed by atoms with van der Waals surface area (Å²) in [5.74, 6) is -1.29. The fraction of sp³-hybridized carbons (Fsp3) is 0.505. The Morgan fingerprint density at radius 3 is 1.23 bits per heavy atom. The van der Waals surface area contributed by atoms with Gasteiger partial charge in [0.15, 0.2) is 0 Å². The number of benzene rings is 4. The van der Waals surface area contributed by atoms with Gasteiger partial charge in [-0.25, -0.2) is 15.0 Å². The summed E-state index contributed by atoms with van der Waals surface area (Å²) in [6.07, 6.45) is 25.6. The largest absolute Gasteiger partial charge is 0.388 e. The second-order valence-electron chi connectivity index (χ2n) is 35.6. The van der Waals surface area contributed by atoms with E-state index in [1.165, 1.54) is 252 Å². The summed E-state index contributed by atoms with van der Waals surface area (Å²) in [6, 6.07) is 32.5. The molecule has 590 valence electrons. The van der Waals surface area contributed by atoms with E-state index in [2.05, 4.69) is 166 Å². The zero-order valence-corrected chi connectivity index (χ0v) is 67.2. The summed E-state index contributed by atoms with van der Waals surface area (Å²) in [7, 11) is 0. The standard InChI is InChI=1S/C25H36N2O.2C23H26FN3O.C22H25FN4O/c1-17-14-18(2)24-20(15-17)23-21-10-7-12-26(21)13-11-22(23)27(24)16-25(3,28)19-8-5-4-6-9-19;1-15-5-7-18-17(12-15)22-19-4-3-10-26(19)11-9-20(22)27(18)14-23(2,28)16-6-8-21(24)25-13-16;1-15-5-6-18-17(12-15)22-19-4-3-10-26(19)11-8-20(22)27(18)14-23(2,28)16-7-9-25-21(24)13-16;1-14-5-6-16-15(10-14)21-17-4-3-8-26(17)9-7-18(21)27(16)13-22(2,28)19-11-25-20(23)12-24-19/h14-15,19,21,28H,4-13,16H2,1-3H3;5-8,12-13,19,28H,3-4,9-11,14H2,1-2H3;5-7,9,12-13,19,28H,3-4,8,10-11,14H2,1-2H3;5-6,10-12,17,28H,3-4,7-9,13H2,1-2H3. The lowest BCUT2D eigenvalue weighted by molar-refractivity contribution is -0.0303. The van der Waals surface area contributed by atoms with E-state index in [-0.39, 0.29) is 0 Å². The lowest BCUT2D eigenvalue weighted by Gasteiger charge is -2.37. The number of hydrogen-bond acceptors (Lipinski definition) is 12. The smallest absolute Gasteiger partial charge is 0.231 e. The summed E-state index contributed by atoms with van der Waals surface area (Å²) in [5.41, 5.74) is 20.2. The van der Waals surface area contributed by atoms with Crippen molar-refractivity contribution in [3.63, 3.8) is 0 Å². The number of pyridine rings is 2. The number of aryl methyl sites for hydroxylation is 5. The summed E-state index contributed by atoms with van der Waals surface area (Å²) in [6.45, 7) is 29.4. The Bertz CT molecular complexity index is 5170. The molecule has 8 atom stereocenters. The van der Waals surface area contributed by atoms with Gasteiger partial charge < -0.3 is 38.7 Å². The third-order valence-corrected chi connectivity index (χ3v) is 27.3. The third kappa shape index (κ3) is 14.3. The molecular weight excluding hydrogens is 1410 g/mol. The molecule has 5 fully saturated rings. The zero-order chi connectivity index (χ0) is 77.9. The van der Waals surface area contributed by atoms with Gasteiger partial charge in [-0.1, -0.05) is 71.8 Å². The molecule has 16 nitrogen and oxygen atoms in total. The van der Waals surface area contributed by atoms with Crippen LogP contribution in [-0.4, -0.2) is 136 Å². The van der Waals surface area contributed by atoms with E-state index < -0.39 is 40.2 Å². The van der Waals surface area contributed by atoms with E-state index in [0.29, 0.717) is 66.5 Å². The SMILES string of the molecule is Cc1cc(C)c2c(c1)c1c(n2CC(C)(O)C2CCCCC2)CCN2CCCC12.Cc1ccc2c(c1)c1c(n2CC(C)(O)c2ccc(F)nc2)CCN2CCCC12.Cc1ccc2c(c1)c1c(n2CC(C)(O)c2ccnc(F)c2)CCN2CCCC12.Cc1ccc2c(c1)c1c(n2CC(C)(O)c2cnc(F)cn2)CCN2CCCC12. The van der Waals surface area contributed by atoms with Gasteiger partial charge in [-0.2, -0.15) is 13.2 Å². The van der Waals surface area contributed by atoms with Crippen LogP contribution in [0.5, 0.6) is 0 Å². The number of aliphatic hydroxyl groups is 4. The van der Waals surface area contributed by atoms with Crippen LogP contribution in [0, 0.1) is 58.4 Å². The Balaban J connectivity index is 0.000000108. The van der Waals surface area contributed by atoms with Gasteiger partial charge in [-0.3, -0.25) is 24.6 Å². The quantitative estimate of drug-likeness (QED) is 0.0857. The van der Waals surface area contributed by atoms with Gasteiger partial charge in [0.2, 0.25) is 17.8 Å². The highest BCUT2D eigenvalue weighted by atomic mass is 19.1. The van der Waals surface area contributed by atoms with Crippen molar-refractivity contribution in [3.05, 3.63) is 223 Å². The third-order valence-electron chi connectivity index (χ3n) is 27.3.